The minimum Gasteiger partial charge on any atom is -0.481 e. The Morgan fingerprint density at radius 1 is 1.38 bits per heavy atom. The summed E-state index contributed by atoms with van der Waals surface area (Å²) in [5.41, 5.74) is 1.76. The highest BCUT2D eigenvalue weighted by molar-refractivity contribution is 6.02. The molecule has 2 N–H and O–H groups in total. The molecule has 3 rings (SSSR count). The van der Waals surface area contributed by atoms with Gasteiger partial charge in [-0.25, -0.2) is 0 Å². The smallest absolute Gasteiger partial charge is 0.307 e. The van der Waals surface area contributed by atoms with Crippen molar-refractivity contribution >= 4 is 17.6 Å². The van der Waals surface area contributed by atoms with Crippen molar-refractivity contribution in [2.45, 2.75) is 20.3 Å². The van der Waals surface area contributed by atoms with E-state index < -0.39 is 17.3 Å². The molecule has 1 fully saturated rings. The Bertz CT molecular complexity index is 796. The lowest BCUT2D eigenvalue weighted by Crippen LogP contribution is -2.32. The summed E-state index contributed by atoms with van der Waals surface area (Å²) in [6.07, 6.45) is 4.06. The van der Waals surface area contributed by atoms with E-state index in [0.717, 1.165) is 11.1 Å². The summed E-state index contributed by atoms with van der Waals surface area (Å²) < 4.78 is 1.72. The average molecular weight is 327 g/mol. The second-order valence-electron chi connectivity index (χ2n) is 6.73. The first kappa shape index (κ1) is 16.2. The van der Waals surface area contributed by atoms with Gasteiger partial charge in [0.25, 0.3) is 0 Å². The summed E-state index contributed by atoms with van der Waals surface area (Å²) in [6, 6.07) is 7.49. The highest BCUT2D eigenvalue weighted by Crippen LogP contribution is 2.58. The van der Waals surface area contributed by atoms with Crippen molar-refractivity contribution in [3.63, 3.8) is 0 Å². The monoisotopic (exact) mass is 327 g/mol. The van der Waals surface area contributed by atoms with Crippen molar-refractivity contribution in [3.05, 3.63) is 36.7 Å². The van der Waals surface area contributed by atoms with Gasteiger partial charge in [-0.3, -0.25) is 14.3 Å². The van der Waals surface area contributed by atoms with E-state index in [0.29, 0.717) is 12.1 Å². The number of aliphatic carboxylic acids is 1. The molecule has 1 aliphatic carbocycles. The van der Waals surface area contributed by atoms with Gasteiger partial charge in [-0.15, -0.1) is 0 Å². The summed E-state index contributed by atoms with van der Waals surface area (Å²) >= 11 is 0. The molecule has 2 atom stereocenters. The standard InChI is InChI=1S/C18H21N3O3/c1-11(2)18(8-15(18)16(22)23)17(24)20-14-6-4-5-12(7-14)13-9-19-21(3)10-13/h4-7,9-11,15H,8H2,1-3H3,(H,20,24)(H,22,23)/t15-,18+/m0/s1. The van der Waals surface area contributed by atoms with Crippen LogP contribution in [0.1, 0.15) is 20.3 Å². The second kappa shape index (κ2) is 5.78. The summed E-state index contributed by atoms with van der Waals surface area (Å²) in [5, 5.41) is 16.3. The Morgan fingerprint density at radius 2 is 2.12 bits per heavy atom. The van der Waals surface area contributed by atoms with Crippen LogP contribution in [0.25, 0.3) is 11.1 Å². The van der Waals surface area contributed by atoms with Gasteiger partial charge < -0.3 is 10.4 Å². The quantitative estimate of drug-likeness (QED) is 0.884. The van der Waals surface area contributed by atoms with E-state index in [1.165, 1.54) is 0 Å². The van der Waals surface area contributed by atoms with Gasteiger partial charge in [0, 0.05) is 24.5 Å². The van der Waals surface area contributed by atoms with Gasteiger partial charge in [0.15, 0.2) is 0 Å². The Balaban J connectivity index is 1.81. The Labute approximate surface area is 140 Å². The molecular weight excluding hydrogens is 306 g/mol. The molecular formula is C18H21N3O3. The molecule has 6 heteroatoms. The number of carbonyl (C=O) groups is 2. The normalized spacial score (nSPS) is 22.4. The molecule has 0 saturated heterocycles. The van der Waals surface area contributed by atoms with E-state index >= 15 is 0 Å². The van der Waals surface area contributed by atoms with Crippen LogP contribution < -0.4 is 5.32 Å². The lowest BCUT2D eigenvalue weighted by molar-refractivity contribution is -0.141. The van der Waals surface area contributed by atoms with Gasteiger partial charge >= 0.3 is 5.97 Å². The largest absolute Gasteiger partial charge is 0.481 e. The van der Waals surface area contributed by atoms with E-state index in [1.54, 1.807) is 10.9 Å². The lowest BCUT2D eigenvalue weighted by atomic mass is 9.88. The van der Waals surface area contributed by atoms with Crippen LogP contribution in [0.3, 0.4) is 0 Å². The number of anilines is 1. The Hall–Kier alpha value is -2.63. The van der Waals surface area contributed by atoms with E-state index in [2.05, 4.69) is 10.4 Å². The van der Waals surface area contributed by atoms with Crippen LogP contribution in [-0.2, 0) is 16.6 Å². The molecule has 1 aliphatic rings. The fourth-order valence-corrected chi connectivity index (χ4v) is 3.33. The van der Waals surface area contributed by atoms with Crippen LogP contribution >= 0.6 is 0 Å². The first-order valence-electron chi connectivity index (χ1n) is 7.98. The number of carboxylic acid groups (broad SMARTS) is 1. The minimum atomic E-state index is -0.900. The lowest BCUT2D eigenvalue weighted by Gasteiger charge is -2.20. The van der Waals surface area contributed by atoms with Crippen LogP contribution in [0.4, 0.5) is 5.69 Å². The van der Waals surface area contributed by atoms with Gasteiger partial charge in [0.2, 0.25) is 5.91 Å². The molecule has 0 radical (unpaired) electrons. The predicted octanol–water partition coefficient (Wildman–Crippen LogP) is 2.77. The minimum absolute atomic E-state index is 0.0277. The molecule has 126 valence electrons. The highest BCUT2D eigenvalue weighted by atomic mass is 16.4. The number of benzene rings is 1. The van der Waals surface area contributed by atoms with Crippen molar-refractivity contribution < 1.29 is 14.7 Å². The number of nitrogens with zero attached hydrogens (tertiary/aromatic N) is 2. The molecule has 24 heavy (non-hydrogen) atoms. The van der Waals surface area contributed by atoms with Gasteiger partial charge in [0.05, 0.1) is 17.5 Å². The molecule has 1 saturated carbocycles. The van der Waals surface area contributed by atoms with Crippen LogP contribution in [0.5, 0.6) is 0 Å². The van der Waals surface area contributed by atoms with E-state index in [4.69, 9.17) is 0 Å². The molecule has 1 aromatic carbocycles. The highest BCUT2D eigenvalue weighted by Gasteiger charge is 2.65. The average Bonchev–Trinajstić information content (AvgIpc) is 3.17. The summed E-state index contributed by atoms with van der Waals surface area (Å²) in [7, 11) is 1.85. The second-order valence-corrected chi connectivity index (χ2v) is 6.73. The number of carboxylic acids is 1. The Morgan fingerprint density at radius 3 is 2.67 bits per heavy atom. The van der Waals surface area contributed by atoms with Crippen LogP contribution in [0.15, 0.2) is 36.7 Å². The van der Waals surface area contributed by atoms with Crippen LogP contribution in [0.2, 0.25) is 0 Å². The zero-order chi connectivity index (χ0) is 17.5. The zero-order valence-corrected chi connectivity index (χ0v) is 14.0. The van der Waals surface area contributed by atoms with Crippen LogP contribution in [0, 0.1) is 17.3 Å². The topological polar surface area (TPSA) is 84.2 Å². The SMILES string of the molecule is CC(C)[C@]1(C(=O)Nc2cccc(-c3cnn(C)c3)c2)C[C@H]1C(=O)O. The maximum Gasteiger partial charge on any atom is 0.307 e. The molecule has 0 spiro atoms. The fourth-order valence-electron chi connectivity index (χ4n) is 3.33. The van der Waals surface area contributed by atoms with Gasteiger partial charge in [-0.1, -0.05) is 26.0 Å². The van der Waals surface area contributed by atoms with Crippen molar-refractivity contribution in [1.29, 1.82) is 0 Å². The molecule has 0 bridgehead atoms. The third-order valence-electron chi connectivity index (χ3n) is 4.91. The van der Waals surface area contributed by atoms with Crippen molar-refractivity contribution in [2.75, 3.05) is 5.32 Å². The van der Waals surface area contributed by atoms with Crippen molar-refractivity contribution in [1.82, 2.24) is 9.78 Å². The van der Waals surface area contributed by atoms with E-state index in [1.807, 2.05) is 51.4 Å². The number of nitrogens with one attached hydrogen (secondary N) is 1. The maximum absolute atomic E-state index is 12.7. The molecule has 6 nitrogen and oxygen atoms in total. The van der Waals surface area contributed by atoms with Gasteiger partial charge in [0.1, 0.15) is 0 Å². The number of hydrogen-bond acceptors (Lipinski definition) is 3. The van der Waals surface area contributed by atoms with Gasteiger partial charge in [-0.2, -0.15) is 5.10 Å². The predicted molar refractivity (Wildman–Crippen MR) is 90.3 cm³/mol. The van der Waals surface area contributed by atoms with Gasteiger partial charge in [-0.05, 0) is 30.0 Å². The molecule has 2 aromatic rings. The Kier molecular flexibility index (Phi) is 3.91. The number of carbonyl (C=O) groups excluding carboxylic acids is 1. The molecule has 0 aliphatic heterocycles. The fraction of sp³-hybridized carbons (Fsp3) is 0.389. The molecule has 1 heterocycles. The summed E-state index contributed by atoms with van der Waals surface area (Å²) in [6.45, 7) is 3.79. The van der Waals surface area contributed by atoms with E-state index in [9.17, 15) is 14.7 Å². The third kappa shape index (κ3) is 2.68. The third-order valence-corrected chi connectivity index (χ3v) is 4.91. The number of amides is 1. The van der Waals surface area contributed by atoms with Crippen LogP contribution in [-0.4, -0.2) is 26.8 Å². The zero-order valence-electron chi connectivity index (χ0n) is 14.0. The maximum atomic E-state index is 12.7. The molecule has 0 unspecified atom stereocenters. The van der Waals surface area contributed by atoms with Crippen molar-refractivity contribution in [3.8, 4) is 11.1 Å². The number of hydrogen-bond donors (Lipinski definition) is 2. The first-order valence-corrected chi connectivity index (χ1v) is 7.98. The summed E-state index contributed by atoms with van der Waals surface area (Å²) in [4.78, 5) is 24.0. The number of aryl methyl sites for hydroxylation is 1. The molecule has 1 aromatic heterocycles. The summed E-state index contributed by atoms with van der Waals surface area (Å²) in [5.74, 6) is -1.74. The van der Waals surface area contributed by atoms with Crippen molar-refractivity contribution in [2.24, 2.45) is 24.3 Å². The number of rotatable bonds is 5. The van der Waals surface area contributed by atoms with E-state index in [-0.39, 0.29) is 11.8 Å². The number of aromatic nitrogens is 2. The first-order chi connectivity index (χ1) is 11.3. The molecule has 1 amide bonds.